The molecule has 0 fully saturated rings. The van der Waals surface area contributed by atoms with Crippen molar-refractivity contribution >= 4 is 5.91 Å². The number of hydrogen-bond acceptors (Lipinski definition) is 3. The predicted octanol–water partition coefficient (Wildman–Crippen LogP) is 1.43. The summed E-state index contributed by atoms with van der Waals surface area (Å²) in [6.07, 6.45) is 0. The summed E-state index contributed by atoms with van der Waals surface area (Å²) in [5.74, 6) is 0.817. The number of carbonyl (C=O) groups is 1. The number of nitrogens with one attached hydrogen (secondary N) is 1. The molecule has 1 amide bonds. The van der Waals surface area contributed by atoms with Gasteiger partial charge in [0.2, 0.25) is 5.91 Å². The Bertz CT molecular complexity index is 377. The minimum atomic E-state index is -0.0141. The Morgan fingerprint density at radius 2 is 2.18 bits per heavy atom. The van der Waals surface area contributed by atoms with Gasteiger partial charge in [0.25, 0.3) is 0 Å². The van der Waals surface area contributed by atoms with Gasteiger partial charge in [0.1, 0.15) is 5.75 Å². The molecule has 1 aromatic carbocycles. The third kappa shape index (κ3) is 4.07. The summed E-state index contributed by atoms with van der Waals surface area (Å²) in [5, 5.41) is 2.84. The zero-order valence-electron chi connectivity index (χ0n) is 10.9. The molecule has 0 saturated heterocycles. The zero-order valence-corrected chi connectivity index (χ0v) is 10.9. The Hall–Kier alpha value is -1.55. The zero-order chi connectivity index (χ0) is 12.8. The summed E-state index contributed by atoms with van der Waals surface area (Å²) in [6, 6.07) is 8.04. The third-order valence-corrected chi connectivity index (χ3v) is 2.65. The van der Waals surface area contributed by atoms with E-state index in [-0.39, 0.29) is 11.9 Å². The number of amides is 1. The quantitative estimate of drug-likeness (QED) is 0.841. The van der Waals surface area contributed by atoms with Gasteiger partial charge < -0.3 is 15.0 Å². The number of methoxy groups -OCH3 is 1. The van der Waals surface area contributed by atoms with Crippen LogP contribution in [0.15, 0.2) is 24.3 Å². The topological polar surface area (TPSA) is 41.6 Å². The molecule has 4 nitrogen and oxygen atoms in total. The fraction of sp³-hybridized carbons (Fsp3) is 0.462. The van der Waals surface area contributed by atoms with E-state index in [9.17, 15) is 4.79 Å². The lowest BCUT2D eigenvalue weighted by Gasteiger charge is -2.25. The van der Waals surface area contributed by atoms with Gasteiger partial charge in [-0.2, -0.15) is 0 Å². The highest BCUT2D eigenvalue weighted by Gasteiger charge is 2.14. The van der Waals surface area contributed by atoms with Crippen molar-refractivity contribution in [1.29, 1.82) is 0 Å². The molecule has 0 saturated carbocycles. The Balaban J connectivity index is 2.84. The lowest BCUT2D eigenvalue weighted by atomic mass is 10.1. The van der Waals surface area contributed by atoms with Gasteiger partial charge in [-0.15, -0.1) is 0 Å². The largest absolute Gasteiger partial charge is 0.497 e. The molecule has 1 aromatic rings. The normalized spacial score (nSPS) is 12.3. The molecule has 0 aliphatic heterocycles. The van der Waals surface area contributed by atoms with E-state index in [1.165, 1.54) is 6.92 Å². The predicted molar refractivity (Wildman–Crippen MR) is 68.1 cm³/mol. The van der Waals surface area contributed by atoms with Gasteiger partial charge in [-0.3, -0.25) is 4.79 Å². The molecule has 1 rings (SSSR count). The fourth-order valence-corrected chi connectivity index (χ4v) is 1.69. The first-order chi connectivity index (χ1) is 8.04. The van der Waals surface area contributed by atoms with E-state index in [2.05, 4.69) is 10.2 Å². The first-order valence-corrected chi connectivity index (χ1v) is 5.59. The number of rotatable bonds is 5. The van der Waals surface area contributed by atoms with Gasteiger partial charge in [-0.25, -0.2) is 0 Å². The molecule has 0 heterocycles. The van der Waals surface area contributed by atoms with Crippen LogP contribution in [0.3, 0.4) is 0 Å². The van der Waals surface area contributed by atoms with Crippen molar-refractivity contribution in [2.75, 3.05) is 27.7 Å². The molecule has 1 atom stereocenters. The maximum Gasteiger partial charge on any atom is 0.216 e. The van der Waals surface area contributed by atoms with Gasteiger partial charge in [-0.05, 0) is 31.8 Å². The van der Waals surface area contributed by atoms with E-state index in [0.29, 0.717) is 6.54 Å². The van der Waals surface area contributed by atoms with E-state index in [1.807, 2.05) is 38.4 Å². The highest BCUT2D eigenvalue weighted by atomic mass is 16.5. The second kappa shape index (κ2) is 6.25. The number of likely N-dealkylation sites (N-methyl/N-ethyl adjacent to an activating group) is 1. The van der Waals surface area contributed by atoms with Crippen LogP contribution in [0.4, 0.5) is 0 Å². The van der Waals surface area contributed by atoms with Gasteiger partial charge in [-0.1, -0.05) is 12.1 Å². The molecule has 0 spiro atoms. The summed E-state index contributed by atoms with van der Waals surface area (Å²) in [7, 11) is 5.63. The monoisotopic (exact) mass is 236 g/mol. The molecule has 94 valence electrons. The minimum Gasteiger partial charge on any atom is -0.497 e. The number of hydrogen-bond donors (Lipinski definition) is 1. The van der Waals surface area contributed by atoms with Crippen LogP contribution in [0, 0.1) is 0 Å². The van der Waals surface area contributed by atoms with Gasteiger partial charge in [0.15, 0.2) is 0 Å². The minimum absolute atomic E-state index is 0.0141. The molecule has 4 heteroatoms. The summed E-state index contributed by atoms with van der Waals surface area (Å²) < 4.78 is 5.20. The molecule has 17 heavy (non-hydrogen) atoms. The molecule has 1 N–H and O–H groups in total. The summed E-state index contributed by atoms with van der Waals surface area (Å²) in [4.78, 5) is 13.0. The third-order valence-electron chi connectivity index (χ3n) is 2.65. The fourth-order valence-electron chi connectivity index (χ4n) is 1.69. The van der Waals surface area contributed by atoms with Crippen LogP contribution in [-0.4, -0.2) is 38.6 Å². The second-order valence-electron chi connectivity index (χ2n) is 4.19. The van der Waals surface area contributed by atoms with Gasteiger partial charge in [0.05, 0.1) is 13.2 Å². The Kier molecular flexibility index (Phi) is 4.97. The second-order valence-corrected chi connectivity index (χ2v) is 4.19. The number of ether oxygens (including phenoxy) is 1. The van der Waals surface area contributed by atoms with Crippen molar-refractivity contribution in [2.45, 2.75) is 13.0 Å². The Morgan fingerprint density at radius 3 is 2.71 bits per heavy atom. The van der Waals surface area contributed by atoms with Crippen molar-refractivity contribution in [3.8, 4) is 5.75 Å². The van der Waals surface area contributed by atoms with Crippen LogP contribution in [0.5, 0.6) is 5.75 Å². The first kappa shape index (κ1) is 13.5. The molecule has 1 unspecified atom stereocenters. The Labute approximate surface area is 103 Å². The lowest BCUT2D eigenvalue weighted by molar-refractivity contribution is -0.119. The molecule has 0 radical (unpaired) electrons. The van der Waals surface area contributed by atoms with Crippen LogP contribution >= 0.6 is 0 Å². The summed E-state index contributed by atoms with van der Waals surface area (Å²) >= 11 is 0. The first-order valence-electron chi connectivity index (χ1n) is 5.59. The molecule has 0 bridgehead atoms. The van der Waals surface area contributed by atoms with Crippen molar-refractivity contribution in [3.05, 3.63) is 29.8 Å². The van der Waals surface area contributed by atoms with Crippen molar-refractivity contribution in [3.63, 3.8) is 0 Å². The molecular weight excluding hydrogens is 216 g/mol. The number of nitrogens with zero attached hydrogens (tertiary/aromatic N) is 1. The lowest BCUT2D eigenvalue weighted by Crippen LogP contribution is -2.33. The smallest absolute Gasteiger partial charge is 0.216 e. The molecule has 0 aliphatic rings. The highest BCUT2D eigenvalue weighted by molar-refractivity contribution is 5.72. The van der Waals surface area contributed by atoms with Crippen LogP contribution < -0.4 is 10.1 Å². The Morgan fingerprint density at radius 1 is 1.47 bits per heavy atom. The van der Waals surface area contributed by atoms with E-state index in [4.69, 9.17) is 4.74 Å². The average molecular weight is 236 g/mol. The van der Waals surface area contributed by atoms with Crippen molar-refractivity contribution in [2.24, 2.45) is 0 Å². The summed E-state index contributed by atoms with van der Waals surface area (Å²) in [5.41, 5.74) is 1.13. The van der Waals surface area contributed by atoms with E-state index < -0.39 is 0 Å². The van der Waals surface area contributed by atoms with Crippen LogP contribution in [0.2, 0.25) is 0 Å². The maximum absolute atomic E-state index is 11.0. The number of carbonyl (C=O) groups excluding carboxylic acids is 1. The molecule has 0 aliphatic carbocycles. The van der Waals surface area contributed by atoms with Crippen LogP contribution in [-0.2, 0) is 4.79 Å². The van der Waals surface area contributed by atoms with Crippen LogP contribution in [0.1, 0.15) is 18.5 Å². The van der Waals surface area contributed by atoms with Crippen LogP contribution in [0.25, 0.3) is 0 Å². The van der Waals surface area contributed by atoms with Crippen molar-refractivity contribution < 1.29 is 9.53 Å². The summed E-state index contributed by atoms with van der Waals surface area (Å²) in [6.45, 7) is 2.12. The van der Waals surface area contributed by atoms with E-state index >= 15 is 0 Å². The standard InChI is InChI=1S/C13H20N2O2/c1-10(16)14-9-13(15(2)3)11-6-5-7-12(8-11)17-4/h5-8,13H,9H2,1-4H3,(H,14,16). The SMILES string of the molecule is COc1cccc(C(CNC(C)=O)N(C)C)c1. The van der Waals surface area contributed by atoms with Gasteiger partial charge in [0, 0.05) is 13.5 Å². The number of benzene rings is 1. The van der Waals surface area contributed by atoms with E-state index in [1.54, 1.807) is 7.11 Å². The van der Waals surface area contributed by atoms with Crippen molar-refractivity contribution in [1.82, 2.24) is 10.2 Å². The molecule has 0 aromatic heterocycles. The van der Waals surface area contributed by atoms with E-state index in [0.717, 1.165) is 11.3 Å². The maximum atomic E-state index is 11.0. The molecular formula is C13H20N2O2. The highest BCUT2D eigenvalue weighted by Crippen LogP contribution is 2.21. The average Bonchev–Trinajstić information content (AvgIpc) is 2.28. The van der Waals surface area contributed by atoms with Gasteiger partial charge >= 0.3 is 0 Å².